The van der Waals surface area contributed by atoms with Crippen molar-refractivity contribution >= 4 is 46.2 Å². The molecule has 1 amide bonds. The summed E-state index contributed by atoms with van der Waals surface area (Å²) in [5.74, 6) is 0.222. The second-order valence-electron chi connectivity index (χ2n) is 5.77. The molecule has 0 saturated heterocycles. The van der Waals surface area contributed by atoms with Crippen molar-refractivity contribution in [2.45, 2.75) is 19.0 Å². The lowest BCUT2D eigenvalue weighted by Crippen LogP contribution is -2.35. The molecule has 0 N–H and O–H groups in total. The number of rotatable bonds is 4. The quantitative estimate of drug-likeness (QED) is 0.643. The van der Waals surface area contributed by atoms with Crippen LogP contribution < -0.4 is 5.56 Å². The molecule has 7 nitrogen and oxygen atoms in total. The van der Waals surface area contributed by atoms with Gasteiger partial charge in [0.1, 0.15) is 23.0 Å². The molecule has 0 fully saturated rings. The highest BCUT2D eigenvalue weighted by Crippen LogP contribution is 2.35. The highest BCUT2D eigenvalue weighted by Gasteiger charge is 2.35. The van der Waals surface area contributed by atoms with Crippen LogP contribution in [0.3, 0.4) is 0 Å². The van der Waals surface area contributed by atoms with Crippen molar-refractivity contribution in [1.82, 2.24) is 14.8 Å². The highest BCUT2D eigenvalue weighted by molar-refractivity contribution is 7.10. The van der Waals surface area contributed by atoms with Crippen LogP contribution in [0.5, 0.6) is 0 Å². The summed E-state index contributed by atoms with van der Waals surface area (Å²) < 4.78 is 6.39. The zero-order valence-electron chi connectivity index (χ0n) is 13.7. The lowest BCUT2D eigenvalue weighted by atomic mass is 10.1. The number of thiophene rings is 1. The zero-order valence-corrected chi connectivity index (χ0v) is 16.0. The third-order valence-electron chi connectivity index (χ3n) is 4.07. The fourth-order valence-electron chi connectivity index (χ4n) is 2.79. The van der Waals surface area contributed by atoms with Gasteiger partial charge in [-0.15, -0.1) is 11.3 Å². The molecule has 0 bridgehead atoms. The number of carbonyl (C=O) groups is 1. The Labute approximate surface area is 167 Å². The van der Waals surface area contributed by atoms with E-state index in [1.54, 1.807) is 18.4 Å². The number of hydrogen-bond donors (Lipinski definition) is 0. The summed E-state index contributed by atoms with van der Waals surface area (Å²) in [5.41, 5.74) is 0.0424. The van der Waals surface area contributed by atoms with Crippen LogP contribution in [-0.4, -0.2) is 26.4 Å². The molecule has 0 saturated carbocycles. The Morgan fingerprint density at radius 3 is 2.89 bits per heavy atom. The van der Waals surface area contributed by atoms with Crippen molar-refractivity contribution in [1.29, 1.82) is 0 Å². The van der Waals surface area contributed by atoms with Gasteiger partial charge in [-0.3, -0.25) is 9.59 Å². The van der Waals surface area contributed by atoms with Gasteiger partial charge in [0, 0.05) is 11.3 Å². The molecule has 138 valence electrons. The third kappa shape index (κ3) is 3.43. The number of hydrogen-bond acceptors (Lipinski definition) is 6. The van der Waals surface area contributed by atoms with E-state index in [1.165, 1.54) is 22.5 Å². The van der Waals surface area contributed by atoms with Gasteiger partial charge in [0.15, 0.2) is 0 Å². The smallest absolute Gasteiger partial charge is 0.287 e. The van der Waals surface area contributed by atoms with E-state index in [1.807, 2.05) is 17.5 Å². The maximum atomic E-state index is 12.9. The Kier molecular flexibility index (Phi) is 4.86. The van der Waals surface area contributed by atoms with E-state index in [4.69, 9.17) is 27.6 Å². The van der Waals surface area contributed by atoms with Crippen LogP contribution in [0.2, 0.25) is 10.0 Å². The van der Waals surface area contributed by atoms with Crippen molar-refractivity contribution in [3.8, 4) is 0 Å². The molecule has 3 aromatic rings. The third-order valence-corrected chi connectivity index (χ3v) is 5.79. The second-order valence-corrected chi connectivity index (χ2v) is 7.53. The molecule has 3 aromatic heterocycles. The molecule has 0 spiro atoms. The topological polar surface area (TPSA) is 80.7 Å². The van der Waals surface area contributed by atoms with Gasteiger partial charge < -0.3 is 4.42 Å². The molecule has 0 aromatic carbocycles. The van der Waals surface area contributed by atoms with Crippen LogP contribution in [0.1, 0.15) is 23.1 Å². The molecule has 4 rings (SSSR count). The minimum Gasteiger partial charge on any atom is -0.463 e. The first-order valence-corrected chi connectivity index (χ1v) is 9.56. The number of aromatic nitrogens is 2. The maximum absolute atomic E-state index is 12.9. The van der Waals surface area contributed by atoms with E-state index in [0.717, 1.165) is 9.56 Å². The molecule has 0 radical (unpaired) electrons. The Morgan fingerprint density at radius 2 is 2.19 bits per heavy atom. The van der Waals surface area contributed by atoms with Crippen LogP contribution in [-0.2, 0) is 11.3 Å². The van der Waals surface area contributed by atoms with Gasteiger partial charge in [0.25, 0.3) is 11.5 Å². The maximum Gasteiger partial charge on any atom is 0.287 e. The number of nitrogens with zero attached hydrogens (tertiary/aromatic N) is 4. The largest absolute Gasteiger partial charge is 0.463 e. The van der Waals surface area contributed by atoms with E-state index in [0.29, 0.717) is 17.9 Å². The van der Waals surface area contributed by atoms with E-state index in [9.17, 15) is 9.59 Å². The summed E-state index contributed by atoms with van der Waals surface area (Å²) in [7, 11) is 0. The average Bonchev–Trinajstić information content (AvgIpc) is 3.40. The van der Waals surface area contributed by atoms with Gasteiger partial charge in [-0.1, -0.05) is 29.3 Å². The van der Waals surface area contributed by atoms with Crippen LogP contribution in [0.15, 0.2) is 56.4 Å². The summed E-state index contributed by atoms with van der Waals surface area (Å²) in [4.78, 5) is 26.1. The lowest BCUT2D eigenvalue weighted by molar-refractivity contribution is -0.133. The summed E-state index contributed by atoms with van der Waals surface area (Å²) in [6.07, 6.45) is 3.31. The minimum atomic E-state index is -0.625. The second kappa shape index (κ2) is 7.30. The number of furan rings is 1. The van der Waals surface area contributed by atoms with Gasteiger partial charge in [-0.05, 0) is 23.6 Å². The normalized spacial score (nSPS) is 16.6. The summed E-state index contributed by atoms with van der Waals surface area (Å²) >= 11 is 13.2. The molecule has 1 aliphatic rings. The molecule has 4 heterocycles. The van der Waals surface area contributed by atoms with Gasteiger partial charge in [0.2, 0.25) is 0 Å². The molecular weight excluding hydrogens is 411 g/mol. The molecule has 0 unspecified atom stereocenters. The van der Waals surface area contributed by atoms with Crippen molar-refractivity contribution in [2.24, 2.45) is 5.10 Å². The summed E-state index contributed by atoms with van der Waals surface area (Å²) in [6.45, 7) is -0.299. The van der Waals surface area contributed by atoms with E-state index >= 15 is 0 Å². The molecule has 27 heavy (non-hydrogen) atoms. The van der Waals surface area contributed by atoms with Gasteiger partial charge >= 0.3 is 0 Å². The molecule has 0 aliphatic carbocycles. The standard InChI is InChI=1S/C17H12Cl2N4O3S/c18-10-8-20-22(17(25)16(10)19)9-15(24)23-12(14-4-2-6-27-14)7-11(21-23)13-3-1-5-26-13/h1-6,8,12H,7,9H2/t12-/m0/s1. The van der Waals surface area contributed by atoms with Gasteiger partial charge in [-0.2, -0.15) is 10.2 Å². The van der Waals surface area contributed by atoms with Crippen LogP contribution >= 0.6 is 34.5 Å². The Bertz CT molecular complexity index is 1060. The van der Waals surface area contributed by atoms with E-state index < -0.39 is 5.56 Å². The van der Waals surface area contributed by atoms with Crippen LogP contribution in [0.4, 0.5) is 0 Å². The molecule has 10 heteroatoms. The van der Waals surface area contributed by atoms with E-state index in [-0.39, 0.29) is 28.5 Å². The Morgan fingerprint density at radius 1 is 1.33 bits per heavy atom. The molecule has 1 atom stereocenters. The predicted octanol–water partition coefficient (Wildman–Crippen LogP) is 3.58. The van der Waals surface area contributed by atoms with Gasteiger partial charge in [-0.25, -0.2) is 9.69 Å². The summed E-state index contributed by atoms with van der Waals surface area (Å²) in [5, 5.41) is 11.5. The summed E-state index contributed by atoms with van der Waals surface area (Å²) in [6, 6.07) is 7.15. The fraction of sp³-hybridized carbons (Fsp3) is 0.176. The van der Waals surface area contributed by atoms with Gasteiger partial charge in [0.05, 0.1) is 23.5 Å². The minimum absolute atomic E-state index is 0.0427. The highest BCUT2D eigenvalue weighted by atomic mass is 35.5. The van der Waals surface area contributed by atoms with Crippen molar-refractivity contribution in [3.05, 3.63) is 73.1 Å². The monoisotopic (exact) mass is 422 g/mol. The van der Waals surface area contributed by atoms with Crippen molar-refractivity contribution in [3.63, 3.8) is 0 Å². The Balaban J connectivity index is 1.65. The van der Waals surface area contributed by atoms with Crippen LogP contribution in [0, 0.1) is 0 Å². The SMILES string of the molecule is O=C(Cn1ncc(Cl)c(Cl)c1=O)N1N=C(c2ccco2)C[C@H]1c1cccs1. The first kappa shape index (κ1) is 18.0. The fourth-order valence-corrected chi connectivity index (χ4v) is 3.88. The number of carbonyl (C=O) groups excluding carboxylic acids is 1. The van der Waals surface area contributed by atoms with Crippen molar-refractivity contribution in [2.75, 3.05) is 0 Å². The molecule has 1 aliphatic heterocycles. The predicted molar refractivity (Wildman–Crippen MR) is 102 cm³/mol. The number of amides is 1. The average molecular weight is 423 g/mol. The van der Waals surface area contributed by atoms with Crippen molar-refractivity contribution < 1.29 is 9.21 Å². The van der Waals surface area contributed by atoms with Crippen LogP contribution in [0.25, 0.3) is 0 Å². The first-order valence-electron chi connectivity index (χ1n) is 7.92. The first-order chi connectivity index (χ1) is 13.0. The zero-order chi connectivity index (χ0) is 19.0. The number of halogens is 2. The Hall–Kier alpha value is -2.42. The van der Waals surface area contributed by atoms with E-state index in [2.05, 4.69) is 10.2 Å². The molecular formula is C17H12Cl2N4O3S. The lowest BCUT2D eigenvalue weighted by Gasteiger charge is -2.20. The number of hydrazone groups is 1.